The summed E-state index contributed by atoms with van der Waals surface area (Å²) in [5.41, 5.74) is 7.64. The van der Waals surface area contributed by atoms with Crippen molar-refractivity contribution in [1.29, 1.82) is 0 Å². The van der Waals surface area contributed by atoms with E-state index in [1.54, 1.807) is 6.26 Å². The number of halogens is 2. The number of fused-ring (bicyclic) bond motifs is 1. The van der Waals surface area contributed by atoms with Crippen LogP contribution in [0.1, 0.15) is 36.6 Å². The van der Waals surface area contributed by atoms with Crippen LogP contribution in [0.15, 0.2) is 36.3 Å². The predicted molar refractivity (Wildman–Crippen MR) is 117 cm³/mol. The lowest BCUT2D eigenvalue weighted by molar-refractivity contribution is 0.0764. The molecule has 0 aliphatic carbocycles. The molecule has 10 heteroatoms. The van der Waals surface area contributed by atoms with Crippen molar-refractivity contribution in [3.8, 4) is 0 Å². The first-order valence-corrected chi connectivity index (χ1v) is 10.7. The van der Waals surface area contributed by atoms with Crippen LogP contribution in [0.25, 0.3) is 11.2 Å². The molecule has 0 spiro atoms. The number of nitrogens with zero attached hydrogens (tertiary/aromatic N) is 4. The number of hydrogen-bond donors (Lipinski definition) is 2. The molecule has 1 unspecified atom stereocenters. The van der Waals surface area contributed by atoms with Crippen molar-refractivity contribution in [3.63, 3.8) is 0 Å². The highest BCUT2D eigenvalue weighted by Gasteiger charge is 2.31. The average molecular weight is 525 g/mol. The first kappa shape index (κ1) is 20.8. The summed E-state index contributed by atoms with van der Waals surface area (Å²) in [6, 6.07) is 7.91. The van der Waals surface area contributed by atoms with Gasteiger partial charge in [-0.15, -0.1) is 0 Å². The molecular formula is C20H21FIN5O3. The molecule has 1 atom stereocenters. The molecule has 158 valence electrons. The van der Waals surface area contributed by atoms with E-state index in [0.717, 1.165) is 22.0 Å². The molecule has 0 bridgehead atoms. The molecule has 0 radical (unpaired) electrons. The number of allylic oxidation sites excluding steroid dienone is 1. The summed E-state index contributed by atoms with van der Waals surface area (Å²) < 4.78 is 27.9. The number of nitrogen functional groups attached to an aromatic ring is 1. The number of hydrogen-bond acceptors (Lipinski definition) is 7. The van der Waals surface area contributed by atoms with Gasteiger partial charge in [-0.25, -0.2) is 4.98 Å². The van der Waals surface area contributed by atoms with Crippen molar-refractivity contribution >= 4 is 39.6 Å². The minimum absolute atomic E-state index is 0.00747. The van der Waals surface area contributed by atoms with Gasteiger partial charge in [0.25, 0.3) is 0 Å². The summed E-state index contributed by atoms with van der Waals surface area (Å²) in [4.78, 5) is 12.3. The fourth-order valence-electron chi connectivity index (χ4n) is 3.54. The van der Waals surface area contributed by atoms with Gasteiger partial charge in [0.15, 0.2) is 17.0 Å². The SMILES string of the molecule is Nc1nc(F)nc2c1nc(C(C1=COCO1)c1ccccc1I)n2CCCCCO. The van der Waals surface area contributed by atoms with Gasteiger partial charge < -0.3 is 24.9 Å². The van der Waals surface area contributed by atoms with E-state index in [2.05, 4.69) is 32.6 Å². The lowest BCUT2D eigenvalue weighted by Gasteiger charge is -2.20. The van der Waals surface area contributed by atoms with Crippen LogP contribution in [-0.4, -0.2) is 38.0 Å². The zero-order valence-electron chi connectivity index (χ0n) is 16.1. The minimum Gasteiger partial charge on any atom is -0.462 e. The number of aromatic nitrogens is 4. The summed E-state index contributed by atoms with van der Waals surface area (Å²) in [6.07, 6.45) is 2.95. The molecule has 1 aromatic carbocycles. The Balaban J connectivity index is 1.89. The number of ether oxygens (including phenoxy) is 2. The Bertz CT molecular complexity index is 1090. The number of benzene rings is 1. The first-order chi connectivity index (χ1) is 14.6. The van der Waals surface area contributed by atoms with Gasteiger partial charge in [0.05, 0.1) is 0 Å². The zero-order chi connectivity index (χ0) is 21.1. The molecule has 4 rings (SSSR count). The number of aliphatic hydroxyl groups excluding tert-OH is 1. The second-order valence-electron chi connectivity index (χ2n) is 6.86. The van der Waals surface area contributed by atoms with E-state index >= 15 is 0 Å². The maximum atomic E-state index is 14.0. The van der Waals surface area contributed by atoms with Gasteiger partial charge in [-0.05, 0) is 53.5 Å². The first-order valence-electron chi connectivity index (χ1n) is 9.59. The monoisotopic (exact) mass is 525 g/mol. The van der Waals surface area contributed by atoms with Crippen LogP contribution in [0.2, 0.25) is 0 Å². The summed E-state index contributed by atoms with van der Waals surface area (Å²) in [5, 5.41) is 9.09. The highest BCUT2D eigenvalue weighted by atomic mass is 127. The number of aryl methyl sites for hydroxylation is 1. The van der Waals surface area contributed by atoms with Crippen molar-refractivity contribution < 1.29 is 19.0 Å². The lowest BCUT2D eigenvalue weighted by atomic mass is 9.96. The number of rotatable bonds is 8. The van der Waals surface area contributed by atoms with Crippen LogP contribution in [0.3, 0.4) is 0 Å². The van der Waals surface area contributed by atoms with Crippen LogP contribution in [0.5, 0.6) is 0 Å². The molecule has 8 nitrogen and oxygen atoms in total. The zero-order valence-corrected chi connectivity index (χ0v) is 18.3. The number of aliphatic hydroxyl groups is 1. The molecule has 3 heterocycles. The van der Waals surface area contributed by atoms with Gasteiger partial charge >= 0.3 is 6.08 Å². The average Bonchev–Trinajstić information content (AvgIpc) is 3.36. The molecule has 3 N–H and O–H groups in total. The maximum absolute atomic E-state index is 14.0. The summed E-state index contributed by atoms with van der Waals surface area (Å²) in [6.45, 7) is 0.794. The minimum atomic E-state index is -0.895. The molecule has 0 amide bonds. The molecule has 1 aliphatic rings. The van der Waals surface area contributed by atoms with Crippen molar-refractivity contribution in [3.05, 3.63) is 57.3 Å². The number of nitrogens with two attached hydrogens (primary N) is 1. The van der Waals surface area contributed by atoms with Crippen molar-refractivity contribution in [2.24, 2.45) is 0 Å². The Hall–Kier alpha value is -2.47. The molecule has 3 aromatic rings. The quantitative estimate of drug-likeness (QED) is 0.264. The van der Waals surface area contributed by atoms with Crippen LogP contribution in [-0.2, 0) is 16.0 Å². The molecule has 2 aromatic heterocycles. The van der Waals surface area contributed by atoms with Gasteiger partial charge in [0, 0.05) is 16.7 Å². The smallest absolute Gasteiger partial charge is 0.312 e. The Morgan fingerprint density at radius 3 is 2.77 bits per heavy atom. The topological polar surface area (TPSA) is 108 Å². The Morgan fingerprint density at radius 1 is 1.20 bits per heavy atom. The molecule has 0 saturated heterocycles. The van der Waals surface area contributed by atoms with Crippen LogP contribution >= 0.6 is 22.6 Å². The van der Waals surface area contributed by atoms with Gasteiger partial charge in [-0.3, -0.25) is 0 Å². The van der Waals surface area contributed by atoms with Crippen molar-refractivity contribution in [2.45, 2.75) is 31.7 Å². The molecule has 0 fully saturated rings. The van der Waals surface area contributed by atoms with Crippen molar-refractivity contribution in [1.82, 2.24) is 19.5 Å². The summed E-state index contributed by atoms with van der Waals surface area (Å²) in [7, 11) is 0. The van der Waals surface area contributed by atoms with E-state index in [1.165, 1.54) is 0 Å². The highest BCUT2D eigenvalue weighted by molar-refractivity contribution is 14.1. The number of imidazole rings is 1. The third-order valence-electron chi connectivity index (χ3n) is 4.92. The molecular weight excluding hydrogens is 504 g/mol. The highest BCUT2D eigenvalue weighted by Crippen LogP contribution is 2.38. The van der Waals surface area contributed by atoms with E-state index in [-0.39, 0.29) is 25.1 Å². The van der Waals surface area contributed by atoms with Gasteiger partial charge in [-0.1, -0.05) is 18.2 Å². The summed E-state index contributed by atoms with van der Waals surface area (Å²) >= 11 is 2.27. The van der Waals surface area contributed by atoms with Crippen molar-refractivity contribution in [2.75, 3.05) is 19.1 Å². The van der Waals surface area contributed by atoms with Crippen LogP contribution in [0.4, 0.5) is 10.2 Å². The van der Waals surface area contributed by atoms with Crippen LogP contribution < -0.4 is 5.73 Å². The van der Waals surface area contributed by atoms with Gasteiger partial charge in [-0.2, -0.15) is 14.4 Å². The van der Waals surface area contributed by atoms with Gasteiger partial charge in [0.2, 0.25) is 6.79 Å². The Labute approximate surface area is 186 Å². The second kappa shape index (κ2) is 9.13. The lowest BCUT2D eigenvalue weighted by Crippen LogP contribution is -2.15. The second-order valence-corrected chi connectivity index (χ2v) is 8.02. The number of anilines is 1. The molecule has 30 heavy (non-hydrogen) atoms. The maximum Gasteiger partial charge on any atom is 0.312 e. The van der Waals surface area contributed by atoms with E-state index in [1.807, 2.05) is 28.8 Å². The fraction of sp³-hybridized carbons (Fsp3) is 0.350. The summed E-state index contributed by atoms with van der Waals surface area (Å²) in [5.74, 6) is 0.849. The van der Waals surface area contributed by atoms with E-state index in [0.29, 0.717) is 35.7 Å². The van der Waals surface area contributed by atoms with E-state index in [4.69, 9.17) is 25.3 Å². The normalized spacial score (nSPS) is 14.4. The largest absolute Gasteiger partial charge is 0.462 e. The van der Waals surface area contributed by atoms with Gasteiger partial charge in [0.1, 0.15) is 23.8 Å². The predicted octanol–water partition coefficient (Wildman–Crippen LogP) is 3.29. The molecule has 0 saturated carbocycles. The third kappa shape index (κ3) is 4.06. The third-order valence-corrected chi connectivity index (χ3v) is 5.90. The Morgan fingerprint density at radius 2 is 2.03 bits per heavy atom. The van der Waals surface area contributed by atoms with Crippen LogP contribution in [0, 0.1) is 9.65 Å². The fourth-order valence-corrected chi connectivity index (χ4v) is 4.24. The standard InChI is InChI=1S/C20H21FIN5O3/c21-20-25-17(23)16-19(26-20)27(8-4-1-5-9-28)18(24-16)15(14-10-29-11-30-14)12-6-2-3-7-13(12)22/h2-3,6-7,10,15,28H,1,4-5,8-9,11H2,(H2,23,25,26). The Kier molecular flexibility index (Phi) is 6.32. The molecule has 1 aliphatic heterocycles. The van der Waals surface area contributed by atoms with E-state index in [9.17, 15) is 4.39 Å². The van der Waals surface area contributed by atoms with E-state index < -0.39 is 6.08 Å². The number of unbranched alkanes of at least 4 members (excludes halogenated alkanes) is 2.